The zero-order chi connectivity index (χ0) is 19.8. The van der Waals surface area contributed by atoms with Crippen LogP contribution in [0.5, 0.6) is 5.75 Å². The van der Waals surface area contributed by atoms with E-state index in [2.05, 4.69) is 14.7 Å². The van der Waals surface area contributed by atoms with Crippen LogP contribution in [-0.4, -0.2) is 77.6 Å². The largest absolute Gasteiger partial charge is 0.489 e. The van der Waals surface area contributed by atoms with Crippen LogP contribution in [0.2, 0.25) is 0 Å². The molecule has 0 spiro atoms. The summed E-state index contributed by atoms with van der Waals surface area (Å²) in [6.07, 6.45) is 9.32. The highest BCUT2D eigenvalue weighted by Crippen LogP contribution is 2.42. The zero-order valence-corrected chi connectivity index (χ0v) is 17.1. The molecule has 2 saturated carbocycles. The van der Waals surface area contributed by atoms with Gasteiger partial charge in [-0.15, -0.1) is 0 Å². The topological polar surface area (TPSA) is 36.0 Å². The molecular formula is C23H32FN3O2. The van der Waals surface area contributed by atoms with Crippen molar-refractivity contribution in [2.24, 2.45) is 0 Å². The molecule has 5 nitrogen and oxygen atoms in total. The summed E-state index contributed by atoms with van der Waals surface area (Å²) in [4.78, 5) is 20.1. The number of likely N-dealkylation sites (tertiary alicyclic amines) is 1. The van der Waals surface area contributed by atoms with E-state index >= 15 is 0 Å². The lowest BCUT2D eigenvalue weighted by atomic mass is 9.91. The van der Waals surface area contributed by atoms with E-state index in [-0.39, 0.29) is 11.9 Å². The summed E-state index contributed by atoms with van der Waals surface area (Å²) >= 11 is 0. The number of ether oxygens (including phenoxy) is 1. The first-order chi connectivity index (χ1) is 14.2. The molecule has 0 amide bonds. The number of benzene rings is 1. The standard InChI is InChI=1S/C23H32FN3O2/c24-18-5-9-21(10-6-18)29-22-15-23(17-28,27(16-22)20-7-8-20)26-12-2-11-25(13-14-26)19-3-1-4-19/h5-6,9-10,17,19-20,22H,1-4,7-8,11-16H2/t22-,23-/m0/s1. The molecule has 1 aromatic carbocycles. The Morgan fingerprint density at radius 2 is 1.76 bits per heavy atom. The number of hydrogen-bond donors (Lipinski definition) is 0. The minimum atomic E-state index is -0.554. The summed E-state index contributed by atoms with van der Waals surface area (Å²) in [5, 5.41) is 0. The van der Waals surface area contributed by atoms with Gasteiger partial charge in [-0.05, 0) is 62.9 Å². The molecule has 0 bridgehead atoms. The van der Waals surface area contributed by atoms with Crippen molar-refractivity contribution >= 4 is 6.29 Å². The molecule has 0 N–H and O–H groups in total. The van der Waals surface area contributed by atoms with Crippen LogP contribution in [0.4, 0.5) is 4.39 Å². The predicted molar refractivity (Wildman–Crippen MR) is 109 cm³/mol. The third-order valence-corrected chi connectivity index (χ3v) is 7.39. The third-order valence-electron chi connectivity index (χ3n) is 7.39. The van der Waals surface area contributed by atoms with E-state index < -0.39 is 5.66 Å². The van der Waals surface area contributed by atoms with Gasteiger partial charge in [-0.1, -0.05) is 6.42 Å². The van der Waals surface area contributed by atoms with Crippen molar-refractivity contribution in [3.8, 4) is 5.75 Å². The highest BCUT2D eigenvalue weighted by molar-refractivity contribution is 5.65. The number of hydrogen-bond acceptors (Lipinski definition) is 5. The third kappa shape index (κ3) is 3.82. The fraction of sp³-hybridized carbons (Fsp3) is 0.696. The minimum absolute atomic E-state index is 0.0442. The number of halogens is 1. The number of rotatable bonds is 6. The van der Waals surface area contributed by atoms with Gasteiger partial charge in [-0.2, -0.15) is 0 Å². The Kier molecular flexibility index (Phi) is 5.35. The molecule has 2 saturated heterocycles. The Morgan fingerprint density at radius 1 is 0.966 bits per heavy atom. The van der Waals surface area contributed by atoms with Gasteiger partial charge in [0.15, 0.2) is 6.29 Å². The highest BCUT2D eigenvalue weighted by Gasteiger charge is 2.55. The monoisotopic (exact) mass is 401 g/mol. The maximum atomic E-state index is 13.2. The van der Waals surface area contributed by atoms with E-state index in [1.807, 2.05) is 0 Å². The van der Waals surface area contributed by atoms with Gasteiger partial charge in [0.1, 0.15) is 23.3 Å². The maximum Gasteiger partial charge on any atom is 0.155 e. The first-order valence-electron chi connectivity index (χ1n) is 11.3. The van der Waals surface area contributed by atoms with Crippen LogP contribution in [0.15, 0.2) is 24.3 Å². The van der Waals surface area contributed by atoms with Gasteiger partial charge < -0.3 is 4.74 Å². The van der Waals surface area contributed by atoms with Crippen LogP contribution in [-0.2, 0) is 4.79 Å². The quantitative estimate of drug-likeness (QED) is 0.685. The van der Waals surface area contributed by atoms with Crippen molar-refractivity contribution in [1.82, 2.24) is 14.7 Å². The first kappa shape index (κ1) is 19.5. The van der Waals surface area contributed by atoms with Gasteiger partial charge in [-0.3, -0.25) is 19.5 Å². The maximum absolute atomic E-state index is 13.2. The fourth-order valence-electron chi connectivity index (χ4n) is 5.47. The summed E-state index contributed by atoms with van der Waals surface area (Å²) in [6.45, 7) is 4.89. The summed E-state index contributed by atoms with van der Waals surface area (Å²) < 4.78 is 19.4. The lowest BCUT2D eigenvalue weighted by molar-refractivity contribution is -0.130. The molecule has 2 heterocycles. The van der Waals surface area contributed by atoms with Crippen LogP contribution < -0.4 is 4.74 Å². The molecule has 1 aromatic rings. The van der Waals surface area contributed by atoms with Crippen LogP contribution in [0.1, 0.15) is 44.9 Å². The molecule has 0 unspecified atom stereocenters. The normalized spacial score (nSPS) is 32.7. The molecule has 5 rings (SSSR count). The number of carbonyl (C=O) groups excluding carboxylic acids is 1. The lowest BCUT2D eigenvalue weighted by Gasteiger charge is -2.43. The van der Waals surface area contributed by atoms with Crippen LogP contribution in [0.25, 0.3) is 0 Å². The Balaban J connectivity index is 1.32. The molecule has 2 aliphatic heterocycles. The molecule has 2 aliphatic carbocycles. The van der Waals surface area contributed by atoms with Gasteiger partial charge in [-0.25, -0.2) is 4.39 Å². The van der Waals surface area contributed by atoms with E-state index in [0.29, 0.717) is 18.2 Å². The first-order valence-corrected chi connectivity index (χ1v) is 11.3. The summed E-state index contributed by atoms with van der Waals surface area (Å²) in [5.74, 6) is 0.423. The molecule has 0 radical (unpaired) electrons. The van der Waals surface area contributed by atoms with Crippen molar-refractivity contribution in [2.75, 3.05) is 32.7 Å². The van der Waals surface area contributed by atoms with E-state index in [4.69, 9.17) is 4.74 Å². The molecule has 6 heteroatoms. The molecule has 0 aromatic heterocycles. The molecule has 158 valence electrons. The minimum Gasteiger partial charge on any atom is -0.489 e. The molecule has 2 atom stereocenters. The Hall–Kier alpha value is -1.50. The fourth-order valence-corrected chi connectivity index (χ4v) is 5.47. The van der Waals surface area contributed by atoms with Gasteiger partial charge >= 0.3 is 0 Å². The van der Waals surface area contributed by atoms with Crippen molar-refractivity contribution in [1.29, 1.82) is 0 Å². The molecule has 29 heavy (non-hydrogen) atoms. The van der Waals surface area contributed by atoms with Crippen molar-refractivity contribution in [3.63, 3.8) is 0 Å². The predicted octanol–water partition coefficient (Wildman–Crippen LogP) is 2.90. The zero-order valence-electron chi connectivity index (χ0n) is 17.1. The van der Waals surface area contributed by atoms with E-state index in [1.165, 1.54) is 50.5 Å². The smallest absolute Gasteiger partial charge is 0.155 e. The second-order valence-electron chi connectivity index (χ2n) is 9.24. The molecular weight excluding hydrogens is 369 g/mol. The SMILES string of the molecule is O=C[C@]1(N2CCCN(C3CCC3)CC2)C[C@H](Oc2ccc(F)cc2)CN1C1CC1. The Labute approximate surface area is 172 Å². The van der Waals surface area contributed by atoms with Crippen LogP contribution >= 0.6 is 0 Å². The molecule has 4 fully saturated rings. The lowest BCUT2D eigenvalue weighted by Crippen LogP contribution is -2.60. The van der Waals surface area contributed by atoms with E-state index in [0.717, 1.165) is 45.2 Å². The summed E-state index contributed by atoms with van der Waals surface area (Å²) in [7, 11) is 0. The average Bonchev–Trinajstić information content (AvgIpc) is 3.49. The second kappa shape index (κ2) is 7.97. The van der Waals surface area contributed by atoms with Crippen molar-refractivity contribution in [3.05, 3.63) is 30.1 Å². The summed E-state index contributed by atoms with van der Waals surface area (Å²) in [6, 6.07) is 7.48. The Morgan fingerprint density at radius 3 is 2.41 bits per heavy atom. The van der Waals surface area contributed by atoms with E-state index in [1.54, 1.807) is 12.1 Å². The van der Waals surface area contributed by atoms with Crippen LogP contribution in [0, 0.1) is 5.82 Å². The van der Waals surface area contributed by atoms with Crippen LogP contribution in [0.3, 0.4) is 0 Å². The Bertz CT molecular complexity index is 721. The van der Waals surface area contributed by atoms with Gasteiger partial charge in [0, 0.05) is 44.7 Å². The van der Waals surface area contributed by atoms with E-state index in [9.17, 15) is 9.18 Å². The average molecular weight is 402 g/mol. The van der Waals surface area contributed by atoms with Crippen molar-refractivity contribution in [2.45, 2.75) is 68.8 Å². The number of nitrogens with zero attached hydrogens (tertiary/aromatic N) is 3. The summed E-state index contributed by atoms with van der Waals surface area (Å²) in [5.41, 5.74) is -0.554. The number of aldehydes is 1. The van der Waals surface area contributed by atoms with Crippen molar-refractivity contribution < 1.29 is 13.9 Å². The van der Waals surface area contributed by atoms with Gasteiger partial charge in [0.05, 0.1) is 0 Å². The van der Waals surface area contributed by atoms with Gasteiger partial charge in [0.2, 0.25) is 0 Å². The second-order valence-corrected chi connectivity index (χ2v) is 9.24. The molecule has 4 aliphatic rings. The number of carbonyl (C=O) groups is 1. The highest BCUT2D eigenvalue weighted by atomic mass is 19.1. The van der Waals surface area contributed by atoms with Gasteiger partial charge in [0.25, 0.3) is 0 Å².